The monoisotopic (exact) mass is 272 g/mol. The van der Waals surface area contributed by atoms with Crippen molar-refractivity contribution >= 4 is 6.29 Å². The molecule has 4 nitrogen and oxygen atoms in total. The Morgan fingerprint density at radius 2 is 2.00 bits per heavy atom. The summed E-state index contributed by atoms with van der Waals surface area (Å²) in [5.41, 5.74) is 4.01. The van der Waals surface area contributed by atoms with Crippen LogP contribution in [-0.2, 0) is 5.41 Å². The molecule has 20 heavy (non-hydrogen) atoms. The minimum atomic E-state index is 0.0215. The highest BCUT2D eigenvalue weighted by atomic mass is 16.5. The number of hydrogen-bond donors (Lipinski definition) is 1. The number of aldehydes is 1. The predicted octanol–water partition coefficient (Wildman–Crippen LogP) is 3.50. The van der Waals surface area contributed by atoms with Crippen LogP contribution >= 0.6 is 0 Å². The van der Waals surface area contributed by atoms with Crippen LogP contribution in [0.15, 0.2) is 18.2 Å². The Hall–Kier alpha value is -2.10. The summed E-state index contributed by atoms with van der Waals surface area (Å²) < 4.78 is 5.41. The Balaban J connectivity index is 2.67. The van der Waals surface area contributed by atoms with E-state index < -0.39 is 0 Å². The first kappa shape index (κ1) is 14.3. The molecule has 0 unspecified atom stereocenters. The van der Waals surface area contributed by atoms with Gasteiger partial charge in [-0.05, 0) is 30.0 Å². The van der Waals surface area contributed by atoms with Gasteiger partial charge in [-0.3, -0.25) is 9.89 Å². The molecule has 0 aliphatic heterocycles. The van der Waals surface area contributed by atoms with Crippen molar-refractivity contribution < 1.29 is 9.53 Å². The summed E-state index contributed by atoms with van der Waals surface area (Å²) in [6.45, 7) is 8.28. The molecule has 4 heteroatoms. The number of aromatic amines is 1. The lowest BCUT2D eigenvalue weighted by Gasteiger charge is -2.20. The Labute approximate surface area is 119 Å². The summed E-state index contributed by atoms with van der Waals surface area (Å²) in [6.07, 6.45) is 0.831. The fourth-order valence-corrected chi connectivity index (χ4v) is 2.15. The fourth-order valence-electron chi connectivity index (χ4n) is 2.15. The highest BCUT2D eigenvalue weighted by Crippen LogP contribution is 2.35. The minimum Gasteiger partial charge on any atom is -0.496 e. The minimum absolute atomic E-state index is 0.0215. The summed E-state index contributed by atoms with van der Waals surface area (Å²) >= 11 is 0. The number of rotatable bonds is 3. The normalized spacial score (nSPS) is 11.4. The number of benzene rings is 1. The average Bonchev–Trinajstić information content (AvgIpc) is 2.77. The van der Waals surface area contributed by atoms with Gasteiger partial charge in [0.25, 0.3) is 0 Å². The number of carbonyl (C=O) groups excluding carboxylic acids is 1. The van der Waals surface area contributed by atoms with Crippen molar-refractivity contribution in [2.75, 3.05) is 7.11 Å². The molecule has 0 atom stereocenters. The summed E-state index contributed by atoms with van der Waals surface area (Å²) in [7, 11) is 1.62. The van der Waals surface area contributed by atoms with Crippen molar-refractivity contribution in [3.63, 3.8) is 0 Å². The lowest BCUT2D eigenvalue weighted by Crippen LogP contribution is -2.11. The first-order valence-electron chi connectivity index (χ1n) is 6.57. The number of carbonyl (C=O) groups is 1. The number of methoxy groups -OCH3 is 1. The molecule has 0 aliphatic carbocycles. The van der Waals surface area contributed by atoms with Gasteiger partial charge in [-0.1, -0.05) is 26.8 Å². The third-order valence-electron chi connectivity index (χ3n) is 3.43. The van der Waals surface area contributed by atoms with Crippen LogP contribution in [0, 0.1) is 6.92 Å². The molecule has 0 fully saturated rings. The van der Waals surface area contributed by atoms with Crippen LogP contribution in [-0.4, -0.2) is 23.6 Å². The topological polar surface area (TPSA) is 55.0 Å². The van der Waals surface area contributed by atoms with Gasteiger partial charge in [0.05, 0.1) is 12.7 Å². The fraction of sp³-hybridized carbons (Fsp3) is 0.375. The largest absolute Gasteiger partial charge is 0.496 e. The number of nitrogens with zero attached hydrogens (tertiary/aromatic N) is 1. The molecule has 0 spiro atoms. The average molecular weight is 272 g/mol. The van der Waals surface area contributed by atoms with E-state index in [0.29, 0.717) is 17.0 Å². The summed E-state index contributed by atoms with van der Waals surface area (Å²) in [5, 5.41) is 7.11. The molecule has 106 valence electrons. The maximum Gasteiger partial charge on any atom is 0.154 e. The highest BCUT2D eigenvalue weighted by Gasteiger charge is 2.20. The summed E-state index contributed by atoms with van der Waals surface area (Å²) in [6, 6.07) is 6.01. The lowest BCUT2D eigenvalue weighted by atomic mass is 9.85. The van der Waals surface area contributed by atoms with Crippen molar-refractivity contribution in [3.8, 4) is 17.0 Å². The Bertz CT molecular complexity index is 636. The Morgan fingerprint density at radius 1 is 1.30 bits per heavy atom. The summed E-state index contributed by atoms with van der Waals surface area (Å²) in [4.78, 5) is 11.3. The van der Waals surface area contributed by atoms with Gasteiger partial charge >= 0.3 is 0 Å². The molecule has 0 saturated carbocycles. The molecule has 1 aromatic heterocycles. The van der Waals surface area contributed by atoms with Gasteiger partial charge in [-0.2, -0.15) is 5.10 Å². The van der Waals surface area contributed by atoms with Gasteiger partial charge in [0.15, 0.2) is 6.29 Å². The van der Waals surface area contributed by atoms with Gasteiger partial charge in [0, 0.05) is 11.3 Å². The molecule has 2 aromatic rings. The smallest absolute Gasteiger partial charge is 0.154 e. The van der Waals surface area contributed by atoms with Crippen molar-refractivity contribution in [2.45, 2.75) is 33.1 Å². The van der Waals surface area contributed by atoms with Crippen LogP contribution in [0.2, 0.25) is 0 Å². The number of ether oxygens (including phenoxy) is 1. The Kier molecular flexibility index (Phi) is 3.66. The van der Waals surface area contributed by atoms with Crippen LogP contribution in [0.3, 0.4) is 0 Å². The number of H-pyrrole nitrogens is 1. The maximum absolute atomic E-state index is 11.3. The van der Waals surface area contributed by atoms with Gasteiger partial charge in [0.2, 0.25) is 0 Å². The van der Waals surface area contributed by atoms with Gasteiger partial charge < -0.3 is 4.74 Å². The summed E-state index contributed by atoms with van der Waals surface area (Å²) in [5.74, 6) is 0.715. The van der Waals surface area contributed by atoms with E-state index in [9.17, 15) is 4.79 Å². The van der Waals surface area contributed by atoms with E-state index in [1.54, 1.807) is 7.11 Å². The predicted molar refractivity (Wildman–Crippen MR) is 79.4 cm³/mol. The number of hydrogen-bond acceptors (Lipinski definition) is 3. The van der Waals surface area contributed by atoms with Gasteiger partial charge in [-0.15, -0.1) is 0 Å². The van der Waals surface area contributed by atoms with Gasteiger partial charge in [-0.25, -0.2) is 0 Å². The van der Waals surface area contributed by atoms with E-state index in [-0.39, 0.29) is 5.41 Å². The third-order valence-corrected chi connectivity index (χ3v) is 3.43. The first-order chi connectivity index (χ1) is 9.38. The molecule has 0 bridgehead atoms. The van der Waals surface area contributed by atoms with Crippen LogP contribution in [0.1, 0.15) is 42.4 Å². The zero-order valence-corrected chi connectivity index (χ0v) is 12.6. The molecular weight excluding hydrogens is 252 g/mol. The van der Waals surface area contributed by atoms with E-state index in [1.165, 1.54) is 5.56 Å². The van der Waals surface area contributed by atoms with Gasteiger partial charge in [0.1, 0.15) is 11.4 Å². The van der Waals surface area contributed by atoms with Crippen molar-refractivity contribution in [1.82, 2.24) is 10.2 Å². The van der Waals surface area contributed by atoms with Crippen LogP contribution < -0.4 is 4.74 Å². The van der Waals surface area contributed by atoms with E-state index in [0.717, 1.165) is 17.5 Å². The molecule has 1 N–H and O–H groups in total. The van der Waals surface area contributed by atoms with Crippen LogP contribution in [0.5, 0.6) is 5.75 Å². The van der Waals surface area contributed by atoms with E-state index >= 15 is 0 Å². The quantitative estimate of drug-likeness (QED) is 0.870. The SMILES string of the molecule is COc1ccc(C(C)(C)C)cc1-c1n[nH]c(C)c1C=O. The van der Waals surface area contributed by atoms with E-state index in [4.69, 9.17) is 4.74 Å². The highest BCUT2D eigenvalue weighted by molar-refractivity contribution is 5.88. The Morgan fingerprint density at radius 3 is 2.55 bits per heavy atom. The van der Waals surface area contributed by atoms with Crippen LogP contribution in [0.25, 0.3) is 11.3 Å². The van der Waals surface area contributed by atoms with Crippen LogP contribution in [0.4, 0.5) is 0 Å². The second kappa shape index (κ2) is 5.12. The van der Waals surface area contributed by atoms with E-state index in [1.807, 2.05) is 25.1 Å². The molecule has 0 saturated heterocycles. The zero-order valence-electron chi connectivity index (χ0n) is 12.6. The molecule has 1 aromatic carbocycles. The van der Waals surface area contributed by atoms with E-state index in [2.05, 4.69) is 31.0 Å². The lowest BCUT2D eigenvalue weighted by molar-refractivity contribution is 0.112. The molecule has 0 aliphatic rings. The maximum atomic E-state index is 11.3. The van der Waals surface area contributed by atoms with Crippen molar-refractivity contribution in [2.24, 2.45) is 0 Å². The zero-order chi connectivity index (χ0) is 14.9. The number of aryl methyl sites for hydroxylation is 1. The third kappa shape index (κ3) is 2.46. The number of aromatic nitrogens is 2. The van der Waals surface area contributed by atoms with Crippen molar-refractivity contribution in [3.05, 3.63) is 35.0 Å². The number of nitrogens with one attached hydrogen (secondary N) is 1. The molecule has 1 heterocycles. The standard InChI is InChI=1S/C16H20N2O2/c1-10-13(9-19)15(18-17-10)12-8-11(16(2,3)4)6-7-14(12)20-5/h6-9H,1-5H3,(H,17,18). The second-order valence-electron chi connectivity index (χ2n) is 5.89. The molecular formula is C16H20N2O2. The second-order valence-corrected chi connectivity index (χ2v) is 5.89. The molecule has 2 rings (SSSR count). The molecule has 0 amide bonds. The first-order valence-corrected chi connectivity index (χ1v) is 6.57. The molecule has 0 radical (unpaired) electrons. The van der Waals surface area contributed by atoms with Crippen molar-refractivity contribution in [1.29, 1.82) is 0 Å².